The van der Waals surface area contributed by atoms with E-state index >= 15 is 0 Å². The third kappa shape index (κ3) is 2.05. The molecule has 0 unspecified atom stereocenters. The van der Waals surface area contributed by atoms with Gasteiger partial charge in [-0.25, -0.2) is 4.98 Å². The van der Waals surface area contributed by atoms with E-state index in [0.717, 1.165) is 24.4 Å². The van der Waals surface area contributed by atoms with Gasteiger partial charge in [-0.3, -0.25) is 9.89 Å². The highest BCUT2D eigenvalue weighted by Gasteiger charge is 2.37. The minimum atomic E-state index is 0.0136. The molecule has 2 N–H and O–H groups in total. The van der Waals surface area contributed by atoms with Crippen molar-refractivity contribution >= 4 is 11.7 Å². The fourth-order valence-corrected chi connectivity index (χ4v) is 3.57. The number of anilines is 1. The fraction of sp³-hybridized carbons (Fsp3) is 0.562. The van der Waals surface area contributed by atoms with Crippen molar-refractivity contribution in [2.45, 2.75) is 57.4 Å². The lowest BCUT2D eigenvalue weighted by molar-refractivity contribution is -0.116. The van der Waals surface area contributed by atoms with Gasteiger partial charge in [0.05, 0.1) is 5.92 Å². The molecule has 0 bridgehead atoms. The monoisotopic (exact) mass is 299 g/mol. The first-order valence-corrected chi connectivity index (χ1v) is 8.17. The van der Waals surface area contributed by atoms with Crippen LogP contribution in [-0.4, -0.2) is 25.7 Å². The smallest absolute Gasteiger partial charge is 0.226 e. The second kappa shape index (κ2) is 5.26. The summed E-state index contributed by atoms with van der Waals surface area (Å²) in [4.78, 5) is 16.6. The molecule has 6 nitrogen and oxygen atoms in total. The fourth-order valence-electron chi connectivity index (χ4n) is 3.57. The Bertz CT molecular complexity index is 697. The zero-order valence-corrected chi connectivity index (χ0v) is 12.8. The third-order valence-electron chi connectivity index (χ3n) is 4.87. The second-order valence-corrected chi connectivity index (χ2v) is 6.31. The maximum atomic E-state index is 12.1. The summed E-state index contributed by atoms with van der Waals surface area (Å²) in [5, 5.41) is 10.4. The minimum Gasteiger partial charge on any atom is -0.334 e. The molecule has 6 heteroatoms. The molecule has 0 aromatic carbocycles. The van der Waals surface area contributed by atoms with E-state index in [-0.39, 0.29) is 11.8 Å². The number of H-pyrrole nitrogens is 1. The van der Waals surface area contributed by atoms with Crippen LogP contribution in [0.4, 0.5) is 5.82 Å². The predicted molar refractivity (Wildman–Crippen MR) is 82.8 cm³/mol. The van der Waals surface area contributed by atoms with Gasteiger partial charge >= 0.3 is 0 Å². The van der Waals surface area contributed by atoms with Crippen molar-refractivity contribution in [3.63, 3.8) is 0 Å². The van der Waals surface area contributed by atoms with Crippen molar-refractivity contribution in [3.05, 3.63) is 29.5 Å². The molecule has 0 spiro atoms. The number of aromatic amines is 1. The molecular weight excluding hydrogens is 278 g/mol. The van der Waals surface area contributed by atoms with Gasteiger partial charge in [0.1, 0.15) is 5.82 Å². The van der Waals surface area contributed by atoms with Gasteiger partial charge < -0.3 is 9.88 Å². The van der Waals surface area contributed by atoms with Crippen LogP contribution in [0.25, 0.3) is 0 Å². The molecule has 0 saturated heterocycles. The number of aromatic nitrogens is 4. The average molecular weight is 299 g/mol. The van der Waals surface area contributed by atoms with E-state index in [1.807, 2.05) is 12.4 Å². The molecule has 4 rings (SSSR count). The van der Waals surface area contributed by atoms with E-state index in [1.54, 1.807) is 0 Å². The number of aryl methyl sites for hydroxylation is 1. The Morgan fingerprint density at radius 1 is 1.41 bits per heavy atom. The number of fused-ring (bicyclic) bond motifs is 1. The summed E-state index contributed by atoms with van der Waals surface area (Å²) in [5.74, 6) is 2.28. The largest absolute Gasteiger partial charge is 0.334 e. The molecule has 2 aliphatic rings. The van der Waals surface area contributed by atoms with Crippen LogP contribution in [-0.2, 0) is 11.3 Å². The maximum Gasteiger partial charge on any atom is 0.226 e. The standard InChI is InChI=1S/C16H21N5O/c1-2-7-21-8-6-17-16(21)11-9-12(22)18-15-13(11)14(19-20-15)10-4-3-5-10/h6,8,10-11H,2-5,7,9H2,1H3,(H2,18,19,20,22)/t11-/m0/s1. The lowest BCUT2D eigenvalue weighted by Crippen LogP contribution is -2.26. The van der Waals surface area contributed by atoms with Crippen molar-refractivity contribution in [1.29, 1.82) is 0 Å². The number of hydrogen-bond donors (Lipinski definition) is 2. The second-order valence-electron chi connectivity index (χ2n) is 6.31. The number of hydrogen-bond acceptors (Lipinski definition) is 3. The summed E-state index contributed by atoms with van der Waals surface area (Å²) in [6.07, 6.45) is 9.04. The van der Waals surface area contributed by atoms with Gasteiger partial charge in [0.2, 0.25) is 5.91 Å². The molecule has 2 aromatic heterocycles. The summed E-state index contributed by atoms with van der Waals surface area (Å²) in [6, 6.07) is 0. The number of nitrogens with zero attached hydrogens (tertiary/aromatic N) is 3. The van der Waals surface area contributed by atoms with Gasteiger partial charge in [0, 0.05) is 42.5 Å². The SMILES string of the molecule is CCCn1ccnc1[C@H]1CC(=O)Nc2n[nH]c(C3CCC3)c21. The minimum absolute atomic E-state index is 0.0136. The Kier molecular flexibility index (Phi) is 3.24. The Morgan fingerprint density at radius 3 is 3.00 bits per heavy atom. The summed E-state index contributed by atoms with van der Waals surface area (Å²) in [7, 11) is 0. The van der Waals surface area contributed by atoms with E-state index in [0.29, 0.717) is 18.2 Å². The van der Waals surface area contributed by atoms with Crippen LogP contribution in [0.3, 0.4) is 0 Å². The molecule has 2 aromatic rings. The highest BCUT2D eigenvalue weighted by atomic mass is 16.1. The van der Waals surface area contributed by atoms with Crippen molar-refractivity contribution in [2.75, 3.05) is 5.32 Å². The van der Waals surface area contributed by atoms with Crippen LogP contribution in [0.1, 0.15) is 67.9 Å². The van der Waals surface area contributed by atoms with Gasteiger partial charge in [-0.05, 0) is 19.3 Å². The Hall–Kier alpha value is -2.11. The van der Waals surface area contributed by atoms with E-state index < -0.39 is 0 Å². The van der Waals surface area contributed by atoms with Crippen molar-refractivity contribution < 1.29 is 4.79 Å². The number of rotatable bonds is 4. The summed E-state index contributed by atoms with van der Waals surface area (Å²) in [6.45, 7) is 3.08. The maximum absolute atomic E-state index is 12.1. The molecule has 0 radical (unpaired) electrons. The molecule has 116 valence electrons. The summed E-state index contributed by atoms with van der Waals surface area (Å²) >= 11 is 0. The van der Waals surface area contributed by atoms with Gasteiger partial charge in [0.25, 0.3) is 0 Å². The van der Waals surface area contributed by atoms with E-state index in [2.05, 4.69) is 32.0 Å². The van der Waals surface area contributed by atoms with Crippen LogP contribution in [0.5, 0.6) is 0 Å². The molecular formula is C16H21N5O. The van der Waals surface area contributed by atoms with E-state index in [1.165, 1.54) is 25.0 Å². The topological polar surface area (TPSA) is 75.6 Å². The van der Waals surface area contributed by atoms with Gasteiger partial charge in [-0.2, -0.15) is 5.10 Å². The van der Waals surface area contributed by atoms with Crippen molar-refractivity contribution in [2.24, 2.45) is 0 Å². The number of amides is 1. The Labute approximate surface area is 129 Å². The van der Waals surface area contributed by atoms with Crippen LogP contribution < -0.4 is 5.32 Å². The highest BCUT2D eigenvalue weighted by molar-refractivity contribution is 5.94. The molecule has 1 atom stereocenters. The molecule has 1 amide bonds. The van der Waals surface area contributed by atoms with Crippen molar-refractivity contribution in [3.8, 4) is 0 Å². The van der Waals surface area contributed by atoms with E-state index in [4.69, 9.17) is 0 Å². The summed E-state index contributed by atoms with van der Waals surface area (Å²) in [5.41, 5.74) is 2.37. The zero-order valence-electron chi connectivity index (χ0n) is 12.8. The normalized spacial score (nSPS) is 21.3. The Morgan fingerprint density at radius 2 is 2.27 bits per heavy atom. The molecule has 3 heterocycles. The zero-order chi connectivity index (χ0) is 15.1. The molecule has 1 saturated carbocycles. The third-order valence-corrected chi connectivity index (χ3v) is 4.87. The lowest BCUT2D eigenvalue weighted by atomic mass is 9.78. The molecule has 1 fully saturated rings. The molecule has 22 heavy (non-hydrogen) atoms. The first-order valence-electron chi connectivity index (χ1n) is 8.17. The quantitative estimate of drug-likeness (QED) is 0.911. The molecule has 1 aliphatic heterocycles. The van der Waals surface area contributed by atoms with Gasteiger partial charge in [-0.15, -0.1) is 0 Å². The van der Waals surface area contributed by atoms with Crippen LogP contribution in [0.2, 0.25) is 0 Å². The highest BCUT2D eigenvalue weighted by Crippen LogP contribution is 2.45. The predicted octanol–water partition coefficient (Wildman–Crippen LogP) is 2.76. The van der Waals surface area contributed by atoms with Gasteiger partial charge in [0.15, 0.2) is 5.82 Å². The first-order chi connectivity index (χ1) is 10.8. The van der Waals surface area contributed by atoms with Crippen molar-refractivity contribution in [1.82, 2.24) is 19.7 Å². The number of imidazole rings is 1. The van der Waals surface area contributed by atoms with Crippen LogP contribution in [0.15, 0.2) is 12.4 Å². The number of carbonyl (C=O) groups excluding carboxylic acids is 1. The van der Waals surface area contributed by atoms with E-state index in [9.17, 15) is 4.79 Å². The lowest BCUT2D eigenvalue weighted by Gasteiger charge is -2.29. The van der Waals surface area contributed by atoms with Crippen LogP contribution in [0, 0.1) is 0 Å². The first kappa shape index (κ1) is 13.5. The Balaban J connectivity index is 1.78. The number of carbonyl (C=O) groups is 1. The molecule has 1 aliphatic carbocycles. The van der Waals surface area contributed by atoms with Gasteiger partial charge in [-0.1, -0.05) is 13.3 Å². The number of nitrogens with one attached hydrogen (secondary N) is 2. The van der Waals surface area contributed by atoms with Crippen LogP contribution >= 0.6 is 0 Å². The summed E-state index contributed by atoms with van der Waals surface area (Å²) < 4.78 is 2.17. The average Bonchev–Trinajstić information content (AvgIpc) is 3.04.